The zero-order valence-corrected chi connectivity index (χ0v) is 13.0. The second-order valence-electron chi connectivity index (χ2n) is 5.41. The average molecular weight is 299 g/mol. The predicted octanol–water partition coefficient (Wildman–Crippen LogP) is 3.95. The van der Waals surface area contributed by atoms with Crippen LogP contribution in [0.3, 0.4) is 0 Å². The fourth-order valence-corrected chi connectivity index (χ4v) is 5.22. The first-order valence-corrected chi connectivity index (χ1v) is 8.70. The van der Waals surface area contributed by atoms with Crippen LogP contribution in [-0.4, -0.2) is 27.3 Å². The largest absolute Gasteiger partial charge is 0.357 e. The highest BCUT2D eigenvalue weighted by atomic mass is 32.2. The van der Waals surface area contributed by atoms with Crippen molar-refractivity contribution in [1.29, 1.82) is 0 Å². The van der Waals surface area contributed by atoms with Crippen molar-refractivity contribution < 1.29 is 0 Å². The Bertz CT molecular complexity index is 421. The van der Waals surface area contributed by atoms with Crippen molar-refractivity contribution in [3.05, 3.63) is 11.1 Å². The molecule has 1 aliphatic carbocycles. The second-order valence-corrected chi connectivity index (χ2v) is 8.15. The average Bonchev–Trinajstić information content (AvgIpc) is 2.59. The molecule has 0 spiro atoms. The van der Waals surface area contributed by atoms with Gasteiger partial charge >= 0.3 is 0 Å². The van der Waals surface area contributed by atoms with Gasteiger partial charge in [0.1, 0.15) is 4.32 Å². The minimum absolute atomic E-state index is 0.875. The molecule has 3 heterocycles. The molecular formula is C13H18N2S3. The first kappa shape index (κ1) is 12.9. The number of thiocarbonyl (C=S) groups is 1. The van der Waals surface area contributed by atoms with E-state index >= 15 is 0 Å². The van der Waals surface area contributed by atoms with E-state index in [9.17, 15) is 0 Å². The summed E-state index contributed by atoms with van der Waals surface area (Å²) >= 11 is 8.99. The summed E-state index contributed by atoms with van der Waals surface area (Å²) < 4.78 is 2.12. The molecule has 1 aromatic rings. The lowest BCUT2D eigenvalue weighted by Crippen LogP contribution is -2.31. The van der Waals surface area contributed by atoms with Crippen LogP contribution in [0.4, 0.5) is 0 Å². The van der Waals surface area contributed by atoms with E-state index in [1.54, 1.807) is 23.1 Å². The SMILES string of the molecule is Cc1csc(SC(=S)N2CC3CCC(CC3)C2)n1. The molecule has 2 aliphatic heterocycles. The summed E-state index contributed by atoms with van der Waals surface area (Å²) in [6.07, 6.45) is 5.63. The smallest absolute Gasteiger partial charge is 0.157 e. The number of aromatic nitrogens is 1. The van der Waals surface area contributed by atoms with Crippen molar-refractivity contribution in [2.45, 2.75) is 36.9 Å². The number of aryl methyl sites for hydroxylation is 1. The summed E-state index contributed by atoms with van der Waals surface area (Å²) in [5, 5.41) is 2.09. The molecule has 2 nitrogen and oxygen atoms in total. The Morgan fingerprint density at radius 1 is 1.33 bits per heavy atom. The van der Waals surface area contributed by atoms with Crippen LogP contribution >= 0.6 is 35.3 Å². The van der Waals surface area contributed by atoms with Crippen LogP contribution in [0.2, 0.25) is 0 Å². The zero-order chi connectivity index (χ0) is 12.5. The quantitative estimate of drug-likeness (QED) is 0.576. The van der Waals surface area contributed by atoms with Gasteiger partial charge in [-0.1, -0.05) is 12.2 Å². The highest BCUT2D eigenvalue weighted by Gasteiger charge is 2.30. The zero-order valence-electron chi connectivity index (χ0n) is 10.6. The van der Waals surface area contributed by atoms with E-state index in [2.05, 4.69) is 15.3 Å². The molecule has 4 rings (SSSR count). The number of fused-ring (bicyclic) bond motifs is 4. The van der Waals surface area contributed by atoms with Gasteiger partial charge in [0.2, 0.25) is 0 Å². The predicted molar refractivity (Wildman–Crippen MR) is 82.3 cm³/mol. The highest BCUT2D eigenvalue weighted by Crippen LogP contribution is 2.36. The lowest BCUT2D eigenvalue weighted by molar-refractivity contribution is 0.326. The molecule has 0 unspecified atom stereocenters. The fourth-order valence-electron chi connectivity index (χ4n) is 2.96. The molecule has 0 aromatic carbocycles. The Balaban J connectivity index is 1.65. The molecule has 0 amide bonds. The molecule has 98 valence electrons. The van der Waals surface area contributed by atoms with Crippen LogP contribution in [0.1, 0.15) is 31.4 Å². The van der Waals surface area contributed by atoms with E-state index in [1.807, 2.05) is 6.92 Å². The van der Waals surface area contributed by atoms with E-state index in [0.29, 0.717) is 0 Å². The van der Waals surface area contributed by atoms with Crippen LogP contribution in [0.5, 0.6) is 0 Å². The Morgan fingerprint density at radius 2 is 1.94 bits per heavy atom. The van der Waals surface area contributed by atoms with Gasteiger partial charge in [-0.2, -0.15) is 0 Å². The van der Waals surface area contributed by atoms with E-state index in [1.165, 1.54) is 38.8 Å². The van der Waals surface area contributed by atoms with Gasteiger partial charge in [0.25, 0.3) is 0 Å². The molecule has 0 N–H and O–H groups in total. The monoisotopic (exact) mass is 298 g/mol. The van der Waals surface area contributed by atoms with E-state index < -0.39 is 0 Å². The molecule has 5 heteroatoms. The number of hydrogen-bond donors (Lipinski definition) is 0. The molecule has 0 atom stereocenters. The molecule has 2 saturated heterocycles. The molecule has 0 radical (unpaired) electrons. The molecule has 1 aromatic heterocycles. The van der Waals surface area contributed by atoms with Gasteiger partial charge in [0, 0.05) is 24.2 Å². The van der Waals surface area contributed by atoms with Gasteiger partial charge in [-0.05, 0) is 56.2 Å². The van der Waals surface area contributed by atoms with Crippen LogP contribution in [0, 0.1) is 18.8 Å². The number of nitrogens with zero attached hydrogens (tertiary/aromatic N) is 2. The number of rotatable bonds is 1. The maximum absolute atomic E-state index is 5.61. The molecule has 1 saturated carbocycles. The normalized spacial score (nSPS) is 27.3. The minimum Gasteiger partial charge on any atom is -0.357 e. The topological polar surface area (TPSA) is 16.1 Å². The number of thiazole rings is 1. The van der Waals surface area contributed by atoms with Gasteiger partial charge in [-0.15, -0.1) is 11.3 Å². The van der Waals surface area contributed by atoms with Gasteiger partial charge in [-0.3, -0.25) is 0 Å². The second kappa shape index (κ2) is 5.47. The first-order chi connectivity index (χ1) is 8.70. The van der Waals surface area contributed by atoms with Crippen LogP contribution in [0.25, 0.3) is 0 Å². The minimum atomic E-state index is 0.875. The Morgan fingerprint density at radius 3 is 2.44 bits per heavy atom. The summed E-state index contributed by atoms with van der Waals surface area (Å²) in [6, 6.07) is 0. The Hall–Kier alpha value is -0.130. The maximum Gasteiger partial charge on any atom is 0.157 e. The summed E-state index contributed by atoms with van der Waals surface area (Å²) in [6.45, 7) is 4.38. The Labute approximate surface area is 122 Å². The van der Waals surface area contributed by atoms with Gasteiger partial charge in [0.15, 0.2) is 4.34 Å². The maximum atomic E-state index is 5.61. The summed E-state index contributed by atoms with van der Waals surface area (Å²) in [5.41, 5.74) is 1.10. The van der Waals surface area contributed by atoms with Crippen molar-refractivity contribution in [3.63, 3.8) is 0 Å². The molecule has 18 heavy (non-hydrogen) atoms. The number of hydrogen-bond acceptors (Lipinski definition) is 4. The molecule has 3 fully saturated rings. The third-order valence-electron chi connectivity index (χ3n) is 3.95. The third-order valence-corrected chi connectivity index (χ3v) is 6.45. The van der Waals surface area contributed by atoms with E-state index in [4.69, 9.17) is 12.2 Å². The van der Waals surface area contributed by atoms with E-state index in [-0.39, 0.29) is 0 Å². The summed E-state index contributed by atoms with van der Waals surface area (Å²) in [4.78, 5) is 6.93. The number of thioether (sulfide) groups is 1. The lowest BCUT2D eigenvalue weighted by atomic mass is 9.84. The Kier molecular flexibility index (Phi) is 3.91. The van der Waals surface area contributed by atoms with E-state index in [0.717, 1.165) is 26.2 Å². The van der Waals surface area contributed by atoms with Gasteiger partial charge in [0.05, 0.1) is 0 Å². The summed E-state index contributed by atoms with van der Waals surface area (Å²) in [5.74, 6) is 1.75. The van der Waals surface area contributed by atoms with Crippen molar-refractivity contribution in [2.24, 2.45) is 11.8 Å². The first-order valence-electron chi connectivity index (χ1n) is 6.59. The van der Waals surface area contributed by atoms with Crippen LogP contribution in [0.15, 0.2) is 9.72 Å². The fraction of sp³-hybridized carbons (Fsp3) is 0.692. The lowest BCUT2D eigenvalue weighted by Gasteiger charge is -2.24. The standard InChI is InChI=1S/C13H18N2S3/c1-9-8-17-12(14-9)18-13(16)15-6-10-2-3-11(7-15)5-4-10/h8,10-11H,2-7H2,1H3. The van der Waals surface area contributed by atoms with Crippen molar-refractivity contribution in [2.75, 3.05) is 13.1 Å². The van der Waals surface area contributed by atoms with Crippen LogP contribution in [-0.2, 0) is 0 Å². The van der Waals surface area contributed by atoms with Crippen LogP contribution < -0.4 is 0 Å². The third kappa shape index (κ3) is 2.89. The van der Waals surface area contributed by atoms with Crippen molar-refractivity contribution >= 4 is 39.6 Å². The van der Waals surface area contributed by atoms with Gasteiger partial charge < -0.3 is 4.90 Å². The molecule has 3 aliphatic rings. The van der Waals surface area contributed by atoms with Crippen molar-refractivity contribution in [1.82, 2.24) is 9.88 Å². The highest BCUT2D eigenvalue weighted by molar-refractivity contribution is 8.23. The summed E-state index contributed by atoms with van der Waals surface area (Å²) in [7, 11) is 0. The van der Waals surface area contributed by atoms with Crippen molar-refractivity contribution in [3.8, 4) is 0 Å². The molecular weight excluding hydrogens is 280 g/mol. The molecule has 2 bridgehead atoms. The van der Waals surface area contributed by atoms with Gasteiger partial charge in [-0.25, -0.2) is 4.98 Å².